The minimum absolute atomic E-state index is 0.0589. The largest absolute Gasteiger partial charge is 0.336 e. The van der Waals surface area contributed by atoms with Crippen molar-refractivity contribution >= 4 is 5.91 Å². The summed E-state index contributed by atoms with van der Waals surface area (Å²) in [5.41, 5.74) is 1.92. The van der Waals surface area contributed by atoms with Crippen molar-refractivity contribution in [1.29, 1.82) is 0 Å². The average Bonchev–Trinajstić information content (AvgIpc) is 2.78. The van der Waals surface area contributed by atoms with E-state index in [4.69, 9.17) is 0 Å². The minimum atomic E-state index is -0.124. The molecule has 0 atom stereocenters. The molecule has 3 rings (SSSR count). The van der Waals surface area contributed by atoms with Crippen LogP contribution in [0, 0.1) is 0 Å². The fraction of sp³-hybridized carbons (Fsp3) is 0.412. The van der Waals surface area contributed by atoms with Crippen molar-refractivity contribution < 1.29 is 4.79 Å². The third-order valence-electron chi connectivity index (χ3n) is 3.24. The van der Waals surface area contributed by atoms with E-state index in [1.165, 1.54) is 4.57 Å². The van der Waals surface area contributed by atoms with Gasteiger partial charge in [-0.1, -0.05) is 39.8 Å². The first-order valence-electron chi connectivity index (χ1n) is 7.71. The molecule has 0 aliphatic carbocycles. The molecule has 120 valence electrons. The van der Waals surface area contributed by atoms with E-state index in [0.29, 0.717) is 17.8 Å². The Kier molecular flexibility index (Phi) is 6.16. The number of benzene rings is 1. The maximum absolute atomic E-state index is 12.2. The summed E-state index contributed by atoms with van der Waals surface area (Å²) < 4.78 is 3.15. The number of para-hydroxylation sites is 1. The summed E-state index contributed by atoms with van der Waals surface area (Å²) in [7, 11) is 3.46. The molecule has 0 bridgehead atoms. The summed E-state index contributed by atoms with van der Waals surface area (Å²) >= 11 is 0. The lowest BCUT2D eigenvalue weighted by Crippen LogP contribution is -2.25. The minimum Gasteiger partial charge on any atom is -0.336 e. The monoisotopic (exact) mass is 303 g/mol. The van der Waals surface area contributed by atoms with Gasteiger partial charge in [0, 0.05) is 20.3 Å². The second-order valence-corrected chi connectivity index (χ2v) is 4.53. The van der Waals surface area contributed by atoms with Crippen molar-refractivity contribution in [2.24, 2.45) is 7.05 Å². The summed E-state index contributed by atoms with van der Waals surface area (Å²) in [6, 6.07) is 7.20. The van der Waals surface area contributed by atoms with Crippen molar-refractivity contribution in [1.82, 2.24) is 14.0 Å². The third kappa shape index (κ3) is 2.98. The molecular weight excluding hydrogens is 278 g/mol. The van der Waals surface area contributed by atoms with Gasteiger partial charge in [-0.15, -0.1) is 0 Å². The van der Waals surface area contributed by atoms with Crippen molar-refractivity contribution in [3.63, 3.8) is 0 Å². The highest BCUT2D eigenvalue weighted by molar-refractivity contribution is 5.98. The molecule has 1 aliphatic rings. The van der Waals surface area contributed by atoms with Crippen molar-refractivity contribution in [3.05, 3.63) is 52.2 Å². The van der Waals surface area contributed by atoms with E-state index in [1.54, 1.807) is 41.9 Å². The van der Waals surface area contributed by atoms with Gasteiger partial charge in [-0.2, -0.15) is 0 Å². The van der Waals surface area contributed by atoms with E-state index in [1.807, 2.05) is 39.8 Å². The molecule has 1 amide bonds. The molecule has 2 aromatic rings. The zero-order valence-electron chi connectivity index (χ0n) is 14.3. The molecule has 0 saturated carbocycles. The molecule has 0 N–H and O–H groups in total. The van der Waals surface area contributed by atoms with Crippen LogP contribution < -0.4 is 5.69 Å². The summed E-state index contributed by atoms with van der Waals surface area (Å²) in [6.45, 7) is 8.43. The first kappa shape index (κ1) is 17.8. The zero-order chi connectivity index (χ0) is 16.9. The van der Waals surface area contributed by atoms with Gasteiger partial charge in [-0.3, -0.25) is 9.36 Å². The van der Waals surface area contributed by atoms with Crippen LogP contribution in [0.25, 0.3) is 5.69 Å². The number of aromatic nitrogens is 2. The number of aryl methyl sites for hydroxylation is 1. The Morgan fingerprint density at radius 3 is 2.18 bits per heavy atom. The van der Waals surface area contributed by atoms with Crippen LogP contribution in [-0.4, -0.2) is 27.0 Å². The summed E-state index contributed by atoms with van der Waals surface area (Å²) in [5.74, 6) is -0.0589. The number of hydrogen-bond donors (Lipinski definition) is 0. The van der Waals surface area contributed by atoms with E-state index in [2.05, 4.69) is 0 Å². The quantitative estimate of drug-likeness (QED) is 0.751. The number of rotatable bonds is 0. The molecule has 0 fully saturated rings. The van der Waals surface area contributed by atoms with Crippen LogP contribution >= 0.6 is 0 Å². The third-order valence-corrected chi connectivity index (χ3v) is 3.24. The average molecular weight is 303 g/mol. The normalized spacial score (nSPS) is 12.1. The van der Waals surface area contributed by atoms with Gasteiger partial charge in [0.1, 0.15) is 0 Å². The van der Waals surface area contributed by atoms with Crippen LogP contribution in [-0.2, 0) is 13.6 Å². The van der Waals surface area contributed by atoms with E-state index in [-0.39, 0.29) is 11.6 Å². The van der Waals surface area contributed by atoms with E-state index >= 15 is 0 Å². The molecule has 2 heterocycles. The topological polar surface area (TPSA) is 47.2 Å². The highest BCUT2D eigenvalue weighted by atomic mass is 16.2. The van der Waals surface area contributed by atoms with E-state index < -0.39 is 0 Å². The van der Waals surface area contributed by atoms with Crippen molar-refractivity contribution in [2.75, 3.05) is 7.05 Å². The van der Waals surface area contributed by atoms with Crippen LogP contribution in [0.15, 0.2) is 35.3 Å². The number of amides is 1. The van der Waals surface area contributed by atoms with Gasteiger partial charge in [0.25, 0.3) is 5.91 Å². The number of nitrogens with zero attached hydrogens (tertiary/aromatic N) is 3. The molecule has 1 aromatic carbocycles. The first-order valence-corrected chi connectivity index (χ1v) is 7.71. The fourth-order valence-corrected chi connectivity index (χ4v) is 2.36. The lowest BCUT2D eigenvalue weighted by atomic mass is 10.1. The van der Waals surface area contributed by atoms with Crippen LogP contribution in [0.3, 0.4) is 0 Å². The molecule has 1 aliphatic heterocycles. The Hall–Kier alpha value is -2.30. The second-order valence-electron chi connectivity index (χ2n) is 4.53. The number of carbonyl (C=O) groups is 1. The van der Waals surface area contributed by atoms with Crippen LogP contribution in [0.1, 0.15) is 43.7 Å². The van der Waals surface area contributed by atoms with Crippen molar-refractivity contribution in [2.45, 2.75) is 34.2 Å². The van der Waals surface area contributed by atoms with Crippen LogP contribution in [0.2, 0.25) is 0 Å². The molecule has 1 aromatic heterocycles. The van der Waals surface area contributed by atoms with Crippen LogP contribution in [0.5, 0.6) is 0 Å². The Morgan fingerprint density at radius 2 is 1.55 bits per heavy atom. The molecule has 5 nitrogen and oxygen atoms in total. The number of imidazole rings is 1. The fourth-order valence-electron chi connectivity index (χ4n) is 2.36. The summed E-state index contributed by atoms with van der Waals surface area (Å²) in [6.07, 6.45) is 1.77. The molecule has 0 spiro atoms. The summed E-state index contributed by atoms with van der Waals surface area (Å²) in [4.78, 5) is 26.0. The van der Waals surface area contributed by atoms with Crippen LogP contribution in [0.4, 0.5) is 0 Å². The molecule has 5 heteroatoms. The van der Waals surface area contributed by atoms with E-state index in [0.717, 1.165) is 5.69 Å². The lowest BCUT2D eigenvalue weighted by molar-refractivity contribution is 0.0788. The Balaban J connectivity index is 0.000000561. The van der Waals surface area contributed by atoms with Crippen molar-refractivity contribution in [3.8, 4) is 5.69 Å². The highest BCUT2D eigenvalue weighted by Gasteiger charge is 2.25. The SMILES string of the molecule is CC.CC.CN1Cc2cn(C)c(=O)n2-c2ccccc2C1=O. The Labute approximate surface area is 131 Å². The standard InChI is InChI=1S/C13H13N3O2.2C2H6/c1-14-7-9-8-15(2)13(18)16(9)11-6-4-3-5-10(11)12(14)17;2*1-2/h3-6,8H,7H2,1-2H3;2*1-2H3. The molecular formula is C17H25N3O2. The number of carbonyl (C=O) groups excluding carboxylic acids is 1. The Bertz CT molecular complexity index is 698. The van der Waals surface area contributed by atoms with Gasteiger partial charge in [0.05, 0.1) is 23.5 Å². The zero-order valence-corrected chi connectivity index (χ0v) is 14.3. The predicted molar refractivity (Wildman–Crippen MR) is 89.5 cm³/mol. The van der Waals surface area contributed by atoms with E-state index in [9.17, 15) is 9.59 Å². The maximum Gasteiger partial charge on any atom is 0.332 e. The maximum atomic E-state index is 12.2. The Morgan fingerprint density at radius 1 is 0.955 bits per heavy atom. The molecule has 0 saturated heterocycles. The van der Waals surface area contributed by atoms with Gasteiger partial charge in [-0.05, 0) is 12.1 Å². The molecule has 22 heavy (non-hydrogen) atoms. The van der Waals surface area contributed by atoms with Gasteiger partial charge in [-0.25, -0.2) is 4.79 Å². The highest BCUT2D eigenvalue weighted by Crippen LogP contribution is 2.21. The second kappa shape index (κ2) is 7.64. The molecule has 0 radical (unpaired) electrons. The predicted octanol–water partition coefficient (Wildman–Crippen LogP) is 2.81. The lowest BCUT2D eigenvalue weighted by Gasteiger charge is -2.13. The van der Waals surface area contributed by atoms with Gasteiger partial charge < -0.3 is 9.47 Å². The number of hydrogen-bond acceptors (Lipinski definition) is 2. The van der Waals surface area contributed by atoms with Gasteiger partial charge in [0.15, 0.2) is 0 Å². The van der Waals surface area contributed by atoms with Gasteiger partial charge in [0.2, 0.25) is 0 Å². The molecule has 0 unspecified atom stereocenters. The summed E-state index contributed by atoms with van der Waals surface area (Å²) in [5, 5.41) is 0. The smallest absolute Gasteiger partial charge is 0.332 e. The first-order chi connectivity index (χ1) is 10.6. The van der Waals surface area contributed by atoms with Gasteiger partial charge >= 0.3 is 5.69 Å². The number of fused-ring (bicyclic) bond motifs is 3.